The summed E-state index contributed by atoms with van der Waals surface area (Å²) in [5.41, 5.74) is 5.14. The Morgan fingerprint density at radius 3 is 3.00 bits per heavy atom. The van der Waals surface area contributed by atoms with E-state index in [0.29, 0.717) is 5.92 Å². The van der Waals surface area contributed by atoms with E-state index in [-0.39, 0.29) is 6.04 Å². The molecule has 0 bridgehead atoms. The molecule has 0 aliphatic carbocycles. The molecule has 1 aromatic carbocycles. The number of benzene rings is 1. The molecule has 1 heterocycles. The minimum absolute atomic E-state index is 0.116. The highest BCUT2D eigenvalue weighted by molar-refractivity contribution is 5.40. The Kier molecular flexibility index (Phi) is 3.27. The Morgan fingerprint density at radius 2 is 2.31 bits per heavy atom. The average Bonchev–Trinajstić information content (AvgIpc) is 2.30. The molecule has 0 amide bonds. The lowest BCUT2D eigenvalue weighted by Crippen LogP contribution is -2.42. The van der Waals surface area contributed by atoms with Gasteiger partial charge in [0.25, 0.3) is 0 Å². The lowest BCUT2D eigenvalue weighted by Gasteiger charge is -2.32. The topological polar surface area (TPSA) is 47.3 Å². The Labute approximate surface area is 96.3 Å². The van der Waals surface area contributed by atoms with Crippen LogP contribution in [0.1, 0.15) is 24.8 Å². The van der Waals surface area contributed by atoms with Gasteiger partial charge >= 0.3 is 0 Å². The summed E-state index contributed by atoms with van der Waals surface area (Å²) in [6.45, 7) is 6.74. The highest BCUT2D eigenvalue weighted by atomic mass is 16.5. The number of fused-ring (bicyclic) bond motifs is 1. The van der Waals surface area contributed by atoms with Crippen molar-refractivity contribution in [2.75, 3.05) is 6.61 Å². The number of nitrogens with one attached hydrogen (secondary N) is 1. The van der Waals surface area contributed by atoms with Crippen molar-refractivity contribution in [3.05, 3.63) is 42.0 Å². The summed E-state index contributed by atoms with van der Waals surface area (Å²) >= 11 is 0. The van der Waals surface area contributed by atoms with E-state index in [1.165, 1.54) is 5.56 Å². The van der Waals surface area contributed by atoms with Gasteiger partial charge in [0, 0.05) is 12.0 Å². The van der Waals surface area contributed by atoms with Crippen molar-refractivity contribution in [1.82, 2.24) is 5.43 Å². The fourth-order valence-corrected chi connectivity index (χ4v) is 2.32. The van der Waals surface area contributed by atoms with E-state index >= 15 is 0 Å². The summed E-state index contributed by atoms with van der Waals surface area (Å²) in [6.07, 6.45) is 0.971. The van der Waals surface area contributed by atoms with E-state index in [2.05, 4.69) is 18.1 Å². The molecule has 2 rings (SSSR count). The van der Waals surface area contributed by atoms with Crippen LogP contribution in [0.25, 0.3) is 0 Å². The quantitative estimate of drug-likeness (QED) is 0.463. The number of ether oxygens (including phenoxy) is 1. The van der Waals surface area contributed by atoms with Gasteiger partial charge in [-0.3, -0.25) is 11.3 Å². The van der Waals surface area contributed by atoms with Crippen LogP contribution >= 0.6 is 0 Å². The van der Waals surface area contributed by atoms with Crippen molar-refractivity contribution in [2.45, 2.75) is 25.3 Å². The van der Waals surface area contributed by atoms with Crippen molar-refractivity contribution in [3.8, 4) is 5.75 Å². The summed E-state index contributed by atoms with van der Waals surface area (Å²) in [6, 6.07) is 8.25. The molecule has 0 radical (unpaired) electrons. The van der Waals surface area contributed by atoms with Gasteiger partial charge in [-0.05, 0) is 25.0 Å². The standard InChI is InChI=1S/C13H18N2O/c1-9(2)13(15-14)11-7-8-16-12-6-4-3-5-10(11)12/h3-6,11,13,15H,1,7-8,14H2,2H3. The van der Waals surface area contributed by atoms with Gasteiger partial charge in [-0.15, -0.1) is 0 Å². The van der Waals surface area contributed by atoms with Crippen LogP contribution in [0.3, 0.4) is 0 Å². The van der Waals surface area contributed by atoms with Gasteiger partial charge < -0.3 is 4.74 Å². The summed E-state index contributed by atoms with van der Waals surface area (Å²) in [5.74, 6) is 6.94. The van der Waals surface area contributed by atoms with Gasteiger partial charge in [0.2, 0.25) is 0 Å². The molecule has 0 spiro atoms. The van der Waals surface area contributed by atoms with Crippen LogP contribution in [0.2, 0.25) is 0 Å². The van der Waals surface area contributed by atoms with E-state index in [1.807, 2.05) is 25.1 Å². The Morgan fingerprint density at radius 1 is 1.56 bits per heavy atom. The zero-order chi connectivity index (χ0) is 11.5. The van der Waals surface area contributed by atoms with Gasteiger partial charge in [-0.2, -0.15) is 0 Å². The lowest BCUT2D eigenvalue weighted by atomic mass is 9.84. The van der Waals surface area contributed by atoms with Crippen molar-refractivity contribution in [3.63, 3.8) is 0 Å². The third-order valence-corrected chi connectivity index (χ3v) is 3.12. The monoisotopic (exact) mass is 218 g/mol. The fraction of sp³-hybridized carbons (Fsp3) is 0.385. The molecule has 0 saturated carbocycles. The molecule has 0 fully saturated rings. The second kappa shape index (κ2) is 4.68. The van der Waals surface area contributed by atoms with E-state index in [0.717, 1.165) is 24.4 Å². The number of hydrazine groups is 1. The number of hydrogen-bond donors (Lipinski definition) is 2. The van der Waals surface area contributed by atoms with Crippen molar-refractivity contribution < 1.29 is 4.74 Å². The van der Waals surface area contributed by atoms with Crippen LogP contribution in [0.5, 0.6) is 5.75 Å². The maximum Gasteiger partial charge on any atom is 0.122 e. The van der Waals surface area contributed by atoms with Gasteiger partial charge in [0.05, 0.1) is 6.61 Å². The third kappa shape index (κ3) is 1.96. The van der Waals surface area contributed by atoms with Gasteiger partial charge in [-0.1, -0.05) is 30.4 Å². The molecule has 16 heavy (non-hydrogen) atoms. The minimum Gasteiger partial charge on any atom is -0.493 e. The molecule has 3 heteroatoms. The summed E-state index contributed by atoms with van der Waals surface area (Å²) in [7, 11) is 0. The first kappa shape index (κ1) is 11.2. The number of para-hydroxylation sites is 1. The first-order valence-corrected chi connectivity index (χ1v) is 5.57. The second-order valence-corrected chi connectivity index (χ2v) is 4.27. The average molecular weight is 218 g/mol. The molecule has 86 valence electrons. The number of nitrogens with two attached hydrogens (primary N) is 1. The number of rotatable bonds is 3. The predicted octanol–water partition coefficient (Wildman–Crippen LogP) is 1.96. The molecule has 2 unspecified atom stereocenters. The largest absolute Gasteiger partial charge is 0.493 e. The van der Waals surface area contributed by atoms with Crippen molar-refractivity contribution in [1.29, 1.82) is 0 Å². The molecule has 0 aromatic heterocycles. The first-order valence-electron chi connectivity index (χ1n) is 5.57. The van der Waals surface area contributed by atoms with E-state index < -0.39 is 0 Å². The summed E-state index contributed by atoms with van der Waals surface area (Å²) in [4.78, 5) is 0. The molecule has 0 saturated heterocycles. The van der Waals surface area contributed by atoms with Crippen molar-refractivity contribution in [2.24, 2.45) is 5.84 Å². The Bertz CT molecular complexity index is 389. The van der Waals surface area contributed by atoms with Crippen LogP contribution in [0.15, 0.2) is 36.4 Å². The van der Waals surface area contributed by atoms with E-state index in [4.69, 9.17) is 10.6 Å². The maximum absolute atomic E-state index is 5.63. The highest BCUT2D eigenvalue weighted by Crippen LogP contribution is 2.36. The van der Waals surface area contributed by atoms with Crippen LogP contribution in [-0.4, -0.2) is 12.6 Å². The molecule has 1 aliphatic rings. The summed E-state index contributed by atoms with van der Waals surface area (Å²) in [5, 5.41) is 0. The zero-order valence-electron chi connectivity index (χ0n) is 9.57. The zero-order valence-corrected chi connectivity index (χ0v) is 9.57. The SMILES string of the molecule is C=C(C)C(NN)C1CCOc2ccccc21. The minimum atomic E-state index is 0.116. The Hall–Kier alpha value is -1.32. The summed E-state index contributed by atoms with van der Waals surface area (Å²) < 4.78 is 5.63. The molecular weight excluding hydrogens is 200 g/mol. The van der Waals surface area contributed by atoms with Gasteiger partial charge in [0.1, 0.15) is 5.75 Å². The molecule has 2 atom stereocenters. The van der Waals surface area contributed by atoms with E-state index in [1.54, 1.807) is 0 Å². The molecule has 1 aliphatic heterocycles. The third-order valence-electron chi connectivity index (χ3n) is 3.12. The maximum atomic E-state index is 5.63. The smallest absolute Gasteiger partial charge is 0.122 e. The van der Waals surface area contributed by atoms with Crippen LogP contribution in [0, 0.1) is 0 Å². The molecule has 1 aromatic rings. The van der Waals surface area contributed by atoms with Crippen LogP contribution in [0.4, 0.5) is 0 Å². The van der Waals surface area contributed by atoms with Crippen molar-refractivity contribution >= 4 is 0 Å². The highest BCUT2D eigenvalue weighted by Gasteiger charge is 2.28. The number of hydrogen-bond acceptors (Lipinski definition) is 3. The normalized spacial score (nSPS) is 20.8. The predicted molar refractivity (Wildman–Crippen MR) is 65.2 cm³/mol. The first-order chi connectivity index (χ1) is 7.74. The van der Waals surface area contributed by atoms with E-state index in [9.17, 15) is 0 Å². The van der Waals surface area contributed by atoms with Gasteiger partial charge in [-0.25, -0.2) is 0 Å². The fourth-order valence-electron chi connectivity index (χ4n) is 2.32. The lowest BCUT2D eigenvalue weighted by molar-refractivity contribution is 0.253. The second-order valence-electron chi connectivity index (χ2n) is 4.27. The molecule has 3 nitrogen and oxygen atoms in total. The van der Waals surface area contributed by atoms with Crippen LogP contribution in [-0.2, 0) is 0 Å². The van der Waals surface area contributed by atoms with Crippen LogP contribution < -0.4 is 16.0 Å². The molecule has 3 N–H and O–H groups in total. The molecular formula is C13H18N2O. The Balaban J connectivity index is 2.34. The van der Waals surface area contributed by atoms with Gasteiger partial charge in [0.15, 0.2) is 0 Å².